The van der Waals surface area contributed by atoms with Crippen LogP contribution in [0.25, 0.3) is 6.20 Å². The van der Waals surface area contributed by atoms with Crippen LogP contribution in [0, 0.1) is 0 Å². The molecule has 2 aliphatic heterocycles. The maximum absolute atomic E-state index is 13.2. The van der Waals surface area contributed by atoms with E-state index in [4.69, 9.17) is 4.98 Å². The minimum absolute atomic E-state index is 0.0337. The van der Waals surface area contributed by atoms with Gasteiger partial charge in [-0.05, 0) is 36.1 Å². The highest BCUT2D eigenvalue weighted by molar-refractivity contribution is 9.10. The first-order valence-electron chi connectivity index (χ1n) is 11.7. The van der Waals surface area contributed by atoms with Crippen LogP contribution in [0.1, 0.15) is 71.0 Å². The lowest BCUT2D eigenvalue weighted by Gasteiger charge is -2.30. The lowest BCUT2D eigenvalue weighted by atomic mass is 9.98. The number of hydrogen-bond acceptors (Lipinski definition) is 6. The summed E-state index contributed by atoms with van der Waals surface area (Å²) in [5.74, 6) is 0.317. The standard InChI is InChI=1S/C24H25BrF4N6S/c25-17-3-1-2-15-11-30-23(31-12-16(15)17)19-13-36-24(32-19)14-4-6-34(7-5-14)8-9-35-20(22(28)29)10-18(33-35)21(26)27/h1-3,8-10,13-14,21-23,30-31H,4-7,11-12H2. The van der Waals surface area contributed by atoms with Crippen molar-refractivity contribution in [1.82, 2.24) is 30.3 Å². The van der Waals surface area contributed by atoms with E-state index in [1.54, 1.807) is 17.5 Å². The molecule has 3 aromatic rings. The first-order valence-corrected chi connectivity index (χ1v) is 13.3. The van der Waals surface area contributed by atoms with Crippen LogP contribution in [0.3, 0.4) is 0 Å². The summed E-state index contributed by atoms with van der Waals surface area (Å²) in [5, 5.41) is 13.9. The van der Waals surface area contributed by atoms with Crippen molar-refractivity contribution in [3.05, 3.63) is 73.5 Å². The Balaban J connectivity index is 1.18. The number of thiazole rings is 1. The van der Waals surface area contributed by atoms with Gasteiger partial charge in [-0.2, -0.15) is 5.10 Å². The SMILES string of the molecule is FC(F)c1cc(C(F)F)n(C=CN2CCC(c3nc(C4NCc5cccc(Br)c5CN4)cs3)CC2)n1. The zero-order valence-electron chi connectivity index (χ0n) is 19.2. The number of nitrogens with one attached hydrogen (secondary N) is 2. The van der Waals surface area contributed by atoms with Gasteiger partial charge in [0, 0.05) is 54.3 Å². The fraction of sp³-hybridized carbons (Fsp3) is 0.417. The Morgan fingerprint density at radius 2 is 1.83 bits per heavy atom. The molecule has 1 saturated heterocycles. The molecule has 1 aromatic carbocycles. The van der Waals surface area contributed by atoms with E-state index in [0.29, 0.717) is 19.0 Å². The van der Waals surface area contributed by atoms with Crippen molar-refractivity contribution >= 4 is 33.5 Å². The van der Waals surface area contributed by atoms with Crippen LogP contribution < -0.4 is 10.6 Å². The lowest BCUT2D eigenvalue weighted by molar-refractivity contribution is 0.143. The van der Waals surface area contributed by atoms with Gasteiger partial charge in [-0.1, -0.05) is 28.1 Å². The smallest absolute Gasteiger partial charge is 0.282 e. The van der Waals surface area contributed by atoms with Gasteiger partial charge < -0.3 is 4.90 Å². The zero-order chi connectivity index (χ0) is 25.2. The third-order valence-corrected chi connectivity index (χ3v) is 8.33. The molecule has 2 aromatic heterocycles. The Bertz CT molecular complexity index is 1220. The van der Waals surface area contributed by atoms with Gasteiger partial charge in [-0.15, -0.1) is 11.3 Å². The van der Waals surface area contributed by atoms with E-state index in [0.717, 1.165) is 51.9 Å². The normalized spacial score (nSPS) is 19.4. The predicted octanol–water partition coefficient (Wildman–Crippen LogP) is 6.18. The van der Waals surface area contributed by atoms with Crippen LogP contribution in [-0.2, 0) is 13.1 Å². The maximum Gasteiger partial charge on any atom is 0.282 e. The minimum Gasteiger partial charge on any atom is -0.376 e. The number of fused-ring (bicyclic) bond motifs is 1. The van der Waals surface area contributed by atoms with Gasteiger partial charge in [-0.25, -0.2) is 27.2 Å². The van der Waals surface area contributed by atoms with Crippen LogP contribution >= 0.6 is 27.3 Å². The van der Waals surface area contributed by atoms with E-state index >= 15 is 0 Å². The minimum atomic E-state index is -2.89. The van der Waals surface area contributed by atoms with Crippen LogP contribution in [0.15, 0.2) is 40.3 Å². The third-order valence-electron chi connectivity index (χ3n) is 6.56. The molecule has 0 bridgehead atoms. The Morgan fingerprint density at radius 3 is 2.58 bits per heavy atom. The Morgan fingerprint density at radius 1 is 1.06 bits per heavy atom. The summed E-state index contributed by atoms with van der Waals surface area (Å²) < 4.78 is 54.1. The molecule has 2 aliphatic rings. The molecule has 36 heavy (non-hydrogen) atoms. The fourth-order valence-electron chi connectivity index (χ4n) is 4.56. The van der Waals surface area contributed by atoms with Crippen molar-refractivity contribution in [1.29, 1.82) is 0 Å². The average molecular weight is 585 g/mol. The number of hydrogen-bond donors (Lipinski definition) is 2. The van der Waals surface area contributed by atoms with E-state index in [9.17, 15) is 17.6 Å². The Hall–Kier alpha value is -2.28. The summed E-state index contributed by atoms with van der Waals surface area (Å²) in [6, 6.07) is 6.98. The van der Waals surface area contributed by atoms with Gasteiger partial charge in [0.15, 0.2) is 0 Å². The number of nitrogens with zero attached hydrogens (tertiary/aromatic N) is 4. The van der Waals surface area contributed by atoms with Gasteiger partial charge in [0.25, 0.3) is 12.9 Å². The highest BCUT2D eigenvalue weighted by atomic mass is 79.9. The van der Waals surface area contributed by atoms with Crippen molar-refractivity contribution < 1.29 is 17.6 Å². The van der Waals surface area contributed by atoms with Gasteiger partial charge in [0.05, 0.1) is 10.7 Å². The number of halogens is 5. The predicted molar refractivity (Wildman–Crippen MR) is 134 cm³/mol. The molecular formula is C24H25BrF4N6S. The molecule has 0 spiro atoms. The van der Waals surface area contributed by atoms with Crippen LogP contribution in [-0.4, -0.2) is 32.8 Å². The summed E-state index contributed by atoms with van der Waals surface area (Å²) in [6.07, 6.45) is -1.10. The molecule has 12 heteroatoms. The Labute approximate surface area is 218 Å². The third kappa shape index (κ3) is 5.51. The number of benzene rings is 1. The number of alkyl halides is 4. The van der Waals surface area contributed by atoms with Gasteiger partial charge in [-0.3, -0.25) is 10.6 Å². The second-order valence-corrected chi connectivity index (χ2v) is 10.6. The largest absolute Gasteiger partial charge is 0.376 e. The summed E-state index contributed by atoms with van der Waals surface area (Å²) in [6.45, 7) is 2.93. The average Bonchev–Trinajstić information content (AvgIpc) is 3.47. The van der Waals surface area contributed by atoms with E-state index in [-0.39, 0.29) is 6.17 Å². The highest BCUT2D eigenvalue weighted by Crippen LogP contribution is 2.33. The summed E-state index contributed by atoms with van der Waals surface area (Å²) in [4.78, 5) is 6.92. The molecular weight excluding hydrogens is 560 g/mol. The zero-order valence-corrected chi connectivity index (χ0v) is 21.6. The maximum atomic E-state index is 13.2. The molecule has 192 valence electrons. The molecule has 0 saturated carbocycles. The van der Waals surface area contributed by atoms with Crippen molar-refractivity contribution in [2.75, 3.05) is 13.1 Å². The van der Waals surface area contributed by atoms with E-state index in [2.05, 4.69) is 49.2 Å². The molecule has 4 heterocycles. The van der Waals surface area contributed by atoms with Gasteiger partial charge in [0.2, 0.25) is 0 Å². The second kappa shape index (κ2) is 11.0. The molecule has 2 N–H and O–H groups in total. The highest BCUT2D eigenvalue weighted by Gasteiger charge is 2.25. The number of rotatable bonds is 6. The summed E-state index contributed by atoms with van der Waals surface area (Å²) in [5.41, 5.74) is 2.31. The first kappa shape index (κ1) is 25.4. The van der Waals surface area contributed by atoms with Crippen molar-refractivity contribution in [2.45, 2.75) is 50.9 Å². The summed E-state index contributed by atoms with van der Waals surface area (Å²) >= 11 is 5.30. The van der Waals surface area contributed by atoms with Crippen molar-refractivity contribution in [3.63, 3.8) is 0 Å². The van der Waals surface area contributed by atoms with Crippen LogP contribution in [0.5, 0.6) is 0 Å². The molecule has 1 fully saturated rings. The van der Waals surface area contributed by atoms with Crippen molar-refractivity contribution in [3.8, 4) is 0 Å². The monoisotopic (exact) mass is 584 g/mol. The molecule has 1 unspecified atom stereocenters. The van der Waals surface area contributed by atoms with Gasteiger partial charge >= 0.3 is 0 Å². The van der Waals surface area contributed by atoms with E-state index in [1.807, 2.05) is 11.0 Å². The molecule has 5 rings (SSSR count). The molecule has 0 amide bonds. The quantitative estimate of drug-likeness (QED) is 0.339. The first-order chi connectivity index (χ1) is 17.4. The van der Waals surface area contributed by atoms with Gasteiger partial charge in [0.1, 0.15) is 17.6 Å². The molecule has 0 aliphatic carbocycles. The van der Waals surface area contributed by atoms with E-state index in [1.165, 1.54) is 17.3 Å². The van der Waals surface area contributed by atoms with E-state index < -0.39 is 24.2 Å². The number of likely N-dealkylation sites (tertiary alicyclic amines) is 1. The molecule has 6 nitrogen and oxygen atoms in total. The van der Waals surface area contributed by atoms with Crippen LogP contribution in [0.4, 0.5) is 17.6 Å². The second-order valence-electron chi connectivity index (χ2n) is 8.83. The Kier molecular flexibility index (Phi) is 7.75. The molecule has 0 radical (unpaired) electrons. The summed E-state index contributed by atoms with van der Waals surface area (Å²) in [7, 11) is 0. The van der Waals surface area contributed by atoms with Crippen LogP contribution in [0.2, 0.25) is 0 Å². The fourth-order valence-corrected chi connectivity index (χ4v) is 6.12. The topological polar surface area (TPSA) is 58.0 Å². The van der Waals surface area contributed by atoms with Crippen molar-refractivity contribution in [2.24, 2.45) is 0 Å². The molecule has 1 atom stereocenters. The number of piperidine rings is 1. The lowest BCUT2D eigenvalue weighted by Crippen LogP contribution is -2.31. The number of aromatic nitrogens is 3.